The van der Waals surface area contributed by atoms with Gasteiger partial charge in [-0.15, -0.1) is 0 Å². The molecule has 14 heavy (non-hydrogen) atoms. The first-order chi connectivity index (χ1) is 6.74. The number of aryl methyl sites for hydroxylation is 1. The lowest BCUT2D eigenvalue weighted by Crippen LogP contribution is -2.28. The lowest BCUT2D eigenvalue weighted by atomic mass is 10.2. The van der Waals surface area contributed by atoms with Gasteiger partial charge in [0.15, 0.2) is 0 Å². The first-order valence-corrected chi connectivity index (χ1v) is 5.16. The van der Waals surface area contributed by atoms with Crippen molar-refractivity contribution in [1.29, 1.82) is 0 Å². The summed E-state index contributed by atoms with van der Waals surface area (Å²) in [6.07, 6.45) is 1.74. The minimum atomic E-state index is 0.903. The van der Waals surface area contributed by atoms with Gasteiger partial charge in [0.2, 0.25) is 0 Å². The van der Waals surface area contributed by atoms with Crippen molar-refractivity contribution >= 4 is 0 Å². The van der Waals surface area contributed by atoms with Gasteiger partial charge >= 0.3 is 0 Å². The van der Waals surface area contributed by atoms with Crippen molar-refractivity contribution in [2.24, 2.45) is 0 Å². The summed E-state index contributed by atoms with van der Waals surface area (Å²) in [7, 11) is 2.13. The molecule has 1 aromatic heterocycles. The van der Waals surface area contributed by atoms with Gasteiger partial charge < -0.3 is 14.6 Å². The van der Waals surface area contributed by atoms with Crippen molar-refractivity contribution < 1.29 is 4.42 Å². The minimum absolute atomic E-state index is 0.903. The molecule has 0 saturated heterocycles. The Morgan fingerprint density at radius 1 is 1.50 bits per heavy atom. The molecule has 0 spiro atoms. The van der Waals surface area contributed by atoms with Crippen LogP contribution in [0.25, 0.3) is 0 Å². The van der Waals surface area contributed by atoms with Crippen molar-refractivity contribution in [2.75, 3.05) is 26.7 Å². The van der Waals surface area contributed by atoms with E-state index in [2.05, 4.69) is 24.2 Å². The van der Waals surface area contributed by atoms with Gasteiger partial charge in [-0.2, -0.15) is 0 Å². The third-order valence-electron chi connectivity index (χ3n) is 2.49. The van der Waals surface area contributed by atoms with Crippen LogP contribution >= 0.6 is 0 Å². The summed E-state index contributed by atoms with van der Waals surface area (Å²) in [6, 6.07) is 2.02. The van der Waals surface area contributed by atoms with Crippen molar-refractivity contribution in [3.05, 3.63) is 23.7 Å². The molecule has 0 radical (unpaired) electrons. The molecule has 0 unspecified atom stereocenters. The molecule has 0 aliphatic rings. The number of furan rings is 1. The van der Waals surface area contributed by atoms with Gasteiger partial charge in [-0.1, -0.05) is 6.92 Å². The number of nitrogens with zero attached hydrogens (tertiary/aromatic N) is 1. The van der Waals surface area contributed by atoms with Gasteiger partial charge in [0.25, 0.3) is 0 Å². The van der Waals surface area contributed by atoms with Gasteiger partial charge in [0.05, 0.1) is 6.26 Å². The molecule has 0 atom stereocenters. The molecule has 0 bridgehead atoms. The zero-order valence-corrected chi connectivity index (χ0v) is 9.34. The van der Waals surface area contributed by atoms with Crippen molar-refractivity contribution in [3.63, 3.8) is 0 Å². The number of hydrogen-bond donors (Lipinski definition) is 1. The topological polar surface area (TPSA) is 28.4 Å². The molecule has 1 aromatic rings. The quantitative estimate of drug-likeness (QED) is 0.701. The molecule has 0 amide bonds. The summed E-state index contributed by atoms with van der Waals surface area (Å²) in [5.41, 5.74) is 1.25. The molecule has 0 saturated carbocycles. The van der Waals surface area contributed by atoms with Crippen LogP contribution in [0.15, 0.2) is 16.7 Å². The lowest BCUT2D eigenvalue weighted by molar-refractivity contribution is 0.348. The molecular formula is C11H20N2O. The molecule has 3 heteroatoms. The third kappa shape index (κ3) is 3.52. The highest BCUT2D eigenvalue weighted by atomic mass is 16.3. The van der Waals surface area contributed by atoms with E-state index in [-0.39, 0.29) is 0 Å². The second-order valence-corrected chi connectivity index (χ2v) is 3.57. The molecule has 80 valence electrons. The fourth-order valence-electron chi connectivity index (χ4n) is 1.25. The minimum Gasteiger partial charge on any atom is -0.469 e. The van der Waals surface area contributed by atoms with Crippen molar-refractivity contribution in [3.8, 4) is 0 Å². The molecule has 0 aromatic carbocycles. The Hall–Kier alpha value is -0.800. The van der Waals surface area contributed by atoms with E-state index in [9.17, 15) is 0 Å². The van der Waals surface area contributed by atoms with E-state index < -0.39 is 0 Å². The van der Waals surface area contributed by atoms with Crippen LogP contribution in [0.5, 0.6) is 0 Å². The highest BCUT2D eigenvalue weighted by molar-refractivity contribution is 5.14. The number of rotatable bonds is 6. The van der Waals surface area contributed by atoms with Gasteiger partial charge in [0.1, 0.15) is 5.76 Å². The summed E-state index contributed by atoms with van der Waals surface area (Å²) in [6.45, 7) is 8.28. The molecule has 0 aliphatic heterocycles. The summed E-state index contributed by atoms with van der Waals surface area (Å²) >= 11 is 0. The summed E-state index contributed by atoms with van der Waals surface area (Å²) in [5, 5.41) is 3.39. The Kier molecular flexibility index (Phi) is 4.70. The smallest absolute Gasteiger partial charge is 0.105 e. The van der Waals surface area contributed by atoms with Crippen LogP contribution in [-0.2, 0) is 6.54 Å². The van der Waals surface area contributed by atoms with E-state index in [0.717, 1.165) is 31.9 Å². The van der Waals surface area contributed by atoms with E-state index in [1.807, 2.05) is 13.0 Å². The Bertz CT molecular complexity index is 258. The van der Waals surface area contributed by atoms with Gasteiger partial charge in [-0.25, -0.2) is 0 Å². The third-order valence-corrected chi connectivity index (χ3v) is 2.49. The highest BCUT2D eigenvalue weighted by Gasteiger charge is 2.00. The van der Waals surface area contributed by atoms with Crippen LogP contribution in [0.3, 0.4) is 0 Å². The zero-order chi connectivity index (χ0) is 10.4. The van der Waals surface area contributed by atoms with Crippen LogP contribution in [0.2, 0.25) is 0 Å². The van der Waals surface area contributed by atoms with E-state index >= 15 is 0 Å². The average molecular weight is 196 g/mol. The molecule has 1 rings (SSSR count). The van der Waals surface area contributed by atoms with Gasteiger partial charge in [0, 0.05) is 25.2 Å². The van der Waals surface area contributed by atoms with Gasteiger partial charge in [-0.3, -0.25) is 0 Å². The zero-order valence-electron chi connectivity index (χ0n) is 9.34. The molecule has 1 N–H and O–H groups in total. The molecule has 0 aliphatic carbocycles. The standard InChI is InChI=1S/C11H20N2O/c1-4-13(3)7-6-12-9-11-5-8-14-10(11)2/h5,8,12H,4,6-7,9H2,1-3H3. The van der Waals surface area contributed by atoms with Crippen LogP contribution in [0, 0.1) is 6.92 Å². The maximum absolute atomic E-state index is 5.21. The predicted molar refractivity (Wildman–Crippen MR) is 58.3 cm³/mol. The second-order valence-electron chi connectivity index (χ2n) is 3.57. The molecule has 3 nitrogen and oxygen atoms in total. The molecule has 1 heterocycles. The number of hydrogen-bond acceptors (Lipinski definition) is 3. The maximum atomic E-state index is 5.21. The largest absolute Gasteiger partial charge is 0.469 e. The normalized spacial score (nSPS) is 11.1. The van der Waals surface area contributed by atoms with Crippen LogP contribution in [0.1, 0.15) is 18.2 Å². The lowest BCUT2D eigenvalue weighted by Gasteiger charge is -2.13. The summed E-state index contributed by atoms with van der Waals surface area (Å²) < 4.78 is 5.21. The Labute approximate surface area is 86.1 Å². The van der Waals surface area contributed by atoms with Crippen LogP contribution in [0.4, 0.5) is 0 Å². The second kappa shape index (κ2) is 5.83. The fourth-order valence-corrected chi connectivity index (χ4v) is 1.25. The van der Waals surface area contributed by atoms with Crippen LogP contribution < -0.4 is 5.32 Å². The highest BCUT2D eigenvalue weighted by Crippen LogP contribution is 2.07. The van der Waals surface area contributed by atoms with Crippen molar-refractivity contribution in [1.82, 2.24) is 10.2 Å². The Morgan fingerprint density at radius 2 is 2.29 bits per heavy atom. The van der Waals surface area contributed by atoms with E-state index in [4.69, 9.17) is 4.42 Å². The SMILES string of the molecule is CCN(C)CCNCc1ccoc1C. The fraction of sp³-hybridized carbons (Fsp3) is 0.636. The van der Waals surface area contributed by atoms with E-state index in [1.165, 1.54) is 5.56 Å². The number of nitrogens with one attached hydrogen (secondary N) is 1. The van der Waals surface area contributed by atoms with Crippen molar-refractivity contribution in [2.45, 2.75) is 20.4 Å². The van der Waals surface area contributed by atoms with Crippen LogP contribution in [-0.4, -0.2) is 31.6 Å². The molecule has 0 fully saturated rings. The molecular weight excluding hydrogens is 176 g/mol. The maximum Gasteiger partial charge on any atom is 0.105 e. The van der Waals surface area contributed by atoms with Gasteiger partial charge in [-0.05, 0) is 26.6 Å². The summed E-state index contributed by atoms with van der Waals surface area (Å²) in [5.74, 6) is 1.02. The Morgan fingerprint density at radius 3 is 2.86 bits per heavy atom. The van der Waals surface area contributed by atoms with E-state index in [0.29, 0.717) is 0 Å². The average Bonchev–Trinajstić information content (AvgIpc) is 2.58. The first kappa shape index (κ1) is 11.3. The monoisotopic (exact) mass is 196 g/mol. The summed E-state index contributed by atoms with van der Waals surface area (Å²) in [4.78, 5) is 2.29. The Balaban J connectivity index is 2.13. The van der Waals surface area contributed by atoms with E-state index in [1.54, 1.807) is 6.26 Å². The number of likely N-dealkylation sites (N-methyl/N-ethyl adjacent to an activating group) is 1. The predicted octanol–water partition coefficient (Wildman–Crippen LogP) is 1.63. The first-order valence-electron chi connectivity index (χ1n) is 5.16.